The van der Waals surface area contributed by atoms with Crippen molar-refractivity contribution in [3.05, 3.63) is 59.9 Å². The van der Waals surface area contributed by atoms with Gasteiger partial charge in [0.25, 0.3) is 5.91 Å². The van der Waals surface area contributed by atoms with E-state index in [0.717, 1.165) is 22.7 Å². The van der Waals surface area contributed by atoms with Crippen LogP contribution in [0.3, 0.4) is 0 Å². The lowest BCUT2D eigenvalue weighted by Crippen LogP contribution is -2.39. The number of hydrogen-bond donors (Lipinski definition) is 2. The third kappa shape index (κ3) is 5.28. The van der Waals surface area contributed by atoms with Crippen LogP contribution in [0.5, 0.6) is 5.75 Å². The zero-order chi connectivity index (χ0) is 18.4. The van der Waals surface area contributed by atoms with Gasteiger partial charge in [-0.3, -0.25) is 9.10 Å². The van der Waals surface area contributed by atoms with E-state index in [9.17, 15) is 22.7 Å². The zero-order valence-corrected chi connectivity index (χ0v) is 14.1. The third-order valence-electron chi connectivity index (χ3n) is 3.13. The number of benzene rings is 2. The number of hydrazone groups is 1. The summed E-state index contributed by atoms with van der Waals surface area (Å²) in [6.45, 7) is -0.525. The van der Waals surface area contributed by atoms with Gasteiger partial charge in [0.05, 0.1) is 18.2 Å². The normalized spacial score (nSPS) is 11.4. The molecular weight excluding hydrogens is 349 g/mol. The summed E-state index contributed by atoms with van der Waals surface area (Å²) in [4.78, 5) is 11.9. The van der Waals surface area contributed by atoms with Crippen LogP contribution in [0.4, 0.5) is 10.1 Å². The number of carbonyl (C=O) groups is 1. The second-order valence-electron chi connectivity index (χ2n) is 5.10. The fourth-order valence-corrected chi connectivity index (χ4v) is 2.80. The quantitative estimate of drug-likeness (QED) is 0.598. The van der Waals surface area contributed by atoms with E-state index in [4.69, 9.17) is 0 Å². The van der Waals surface area contributed by atoms with Crippen molar-refractivity contribution in [1.82, 2.24) is 5.43 Å². The van der Waals surface area contributed by atoms with Gasteiger partial charge in [0.2, 0.25) is 10.0 Å². The Morgan fingerprint density at radius 1 is 1.24 bits per heavy atom. The third-order valence-corrected chi connectivity index (χ3v) is 4.27. The number of para-hydroxylation sites is 1. The number of amides is 1. The molecule has 0 aliphatic heterocycles. The molecule has 0 spiro atoms. The summed E-state index contributed by atoms with van der Waals surface area (Å²) in [5, 5.41) is 13.3. The predicted octanol–water partition coefficient (Wildman–Crippen LogP) is 1.45. The standard InChI is InChI=1S/C16H16FN3O4S/c1-25(23,24)20(14-8-6-13(17)7-9-14)11-16(22)19-18-10-12-4-2-3-5-15(12)21/h2-10,21H,11H2,1H3,(H,19,22)/b18-10+. The molecule has 0 saturated carbocycles. The molecule has 0 aliphatic carbocycles. The first-order chi connectivity index (χ1) is 11.8. The lowest BCUT2D eigenvalue weighted by molar-refractivity contribution is -0.119. The van der Waals surface area contributed by atoms with Gasteiger partial charge in [-0.2, -0.15) is 5.10 Å². The van der Waals surface area contributed by atoms with Crippen LogP contribution in [-0.4, -0.2) is 38.4 Å². The van der Waals surface area contributed by atoms with Gasteiger partial charge >= 0.3 is 0 Å². The minimum absolute atomic E-state index is 0.00965. The van der Waals surface area contributed by atoms with Crippen molar-refractivity contribution in [2.75, 3.05) is 17.1 Å². The van der Waals surface area contributed by atoms with E-state index in [-0.39, 0.29) is 11.4 Å². The van der Waals surface area contributed by atoms with Crippen molar-refractivity contribution in [1.29, 1.82) is 0 Å². The first-order valence-corrected chi connectivity index (χ1v) is 8.95. The minimum atomic E-state index is -3.75. The Hall–Kier alpha value is -2.94. The molecule has 0 unspecified atom stereocenters. The molecule has 0 aromatic heterocycles. The van der Waals surface area contributed by atoms with Crippen molar-refractivity contribution in [3.8, 4) is 5.75 Å². The number of nitrogens with zero attached hydrogens (tertiary/aromatic N) is 2. The Balaban J connectivity index is 2.07. The van der Waals surface area contributed by atoms with E-state index in [2.05, 4.69) is 10.5 Å². The van der Waals surface area contributed by atoms with Crippen LogP contribution in [0, 0.1) is 5.82 Å². The number of aromatic hydroxyl groups is 1. The van der Waals surface area contributed by atoms with Crippen LogP contribution in [0.1, 0.15) is 5.56 Å². The monoisotopic (exact) mass is 365 g/mol. The Labute approximate surface area is 144 Å². The summed E-state index contributed by atoms with van der Waals surface area (Å²) in [7, 11) is -3.75. The van der Waals surface area contributed by atoms with Crippen LogP contribution in [0.25, 0.3) is 0 Å². The first-order valence-electron chi connectivity index (χ1n) is 7.10. The Bertz CT molecular complexity index is 883. The summed E-state index contributed by atoms with van der Waals surface area (Å²) in [5.41, 5.74) is 2.73. The summed E-state index contributed by atoms with van der Waals surface area (Å²) >= 11 is 0. The van der Waals surface area contributed by atoms with Gasteiger partial charge in [-0.1, -0.05) is 12.1 Å². The smallest absolute Gasteiger partial charge is 0.260 e. The summed E-state index contributed by atoms with van der Waals surface area (Å²) in [5.74, 6) is -1.22. The highest BCUT2D eigenvalue weighted by atomic mass is 32.2. The summed E-state index contributed by atoms with van der Waals surface area (Å²) < 4.78 is 37.6. The predicted molar refractivity (Wildman–Crippen MR) is 92.4 cm³/mol. The zero-order valence-electron chi connectivity index (χ0n) is 13.3. The molecule has 25 heavy (non-hydrogen) atoms. The number of anilines is 1. The van der Waals surface area contributed by atoms with Crippen molar-refractivity contribution in [2.24, 2.45) is 5.10 Å². The Morgan fingerprint density at radius 2 is 1.88 bits per heavy atom. The molecule has 2 N–H and O–H groups in total. The van der Waals surface area contributed by atoms with E-state index in [1.54, 1.807) is 18.2 Å². The van der Waals surface area contributed by atoms with Gasteiger partial charge in [-0.05, 0) is 36.4 Å². The number of phenols is 1. The molecule has 0 heterocycles. The number of phenolic OH excluding ortho intramolecular Hbond substituents is 1. The fraction of sp³-hybridized carbons (Fsp3) is 0.125. The first kappa shape index (κ1) is 18.4. The molecule has 0 saturated heterocycles. The van der Waals surface area contributed by atoms with E-state index in [1.165, 1.54) is 24.4 Å². The molecule has 0 radical (unpaired) electrons. The van der Waals surface area contributed by atoms with Gasteiger partial charge in [-0.15, -0.1) is 0 Å². The van der Waals surface area contributed by atoms with Crippen molar-refractivity contribution >= 4 is 27.8 Å². The number of sulfonamides is 1. The SMILES string of the molecule is CS(=O)(=O)N(CC(=O)N/N=C/c1ccccc1O)c1ccc(F)cc1. The van der Waals surface area contributed by atoms with Gasteiger partial charge < -0.3 is 5.11 Å². The molecule has 0 fully saturated rings. The van der Waals surface area contributed by atoms with E-state index in [0.29, 0.717) is 5.56 Å². The average molecular weight is 365 g/mol. The van der Waals surface area contributed by atoms with Crippen LogP contribution < -0.4 is 9.73 Å². The molecule has 2 rings (SSSR count). The maximum atomic E-state index is 13.0. The van der Waals surface area contributed by atoms with Crippen molar-refractivity contribution in [2.45, 2.75) is 0 Å². The van der Waals surface area contributed by atoms with Crippen LogP contribution in [0.2, 0.25) is 0 Å². The van der Waals surface area contributed by atoms with Crippen molar-refractivity contribution < 1.29 is 22.7 Å². The number of halogens is 1. The molecule has 132 valence electrons. The van der Waals surface area contributed by atoms with Crippen molar-refractivity contribution in [3.63, 3.8) is 0 Å². The second-order valence-corrected chi connectivity index (χ2v) is 7.00. The van der Waals surface area contributed by atoms with E-state index < -0.39 is 28.3 Å². The van der Waals surface area contributed by atoms with Crippen LogP contribution >= 0.6 is 0 Å². The number of carbonyl (C=O) groups excluding carboxylic acids is 1. The van der Waals surface area contributed by atoms with Crippen LogP contribution in [-0.2, 0) is 14.8 Å². The molecule has 2 aromatic carbocycles. The maximum absolute atomic E-state index is 13.0. The molecule has 0 atom stereocenters. The Morgan fingerprint density at radius 3 is 2.48 bits per heavy atom. The average Bonchev–Trinajstić information content (AvgIpc) is 2.54. The largest absolute Gasteiger partial charge is 0.507 e. The second kappa shape index (κ2) is 7.75. The van der Waals surface area contributed by atoms with Gasteiger partial charge in [-0.25, -0.2) is 18.2 Å². The molecule has 7 nitrogen and oxygen atoms in total. The van der Waals surface area contributed by atoms with Gasteiger partial charge in [0, 0.05) is 5.56 Å². The molecule has 0 aliphatic rings. The molecule has 9 heteroatoms. The van der Waals surface area contributed by atoms with Gasteiger partial charge in [0.15, 0.2) is 0 Å². The highest BCUT2D eigenvalue weighted by Gasteiger charge is 2.20. The van der Waals surface area contributed by atoms with E-state index in [1.807, 2.05) is 0 Å². The highest BCUT2D eigenvalue weighted by Crippen LogP contribution is 2.17. The van der Waals surface area contributed by atoms with Gasteiger partial charge in [0.1, 0.15) is 18.1 Å². The maximum Gasteiger partial charge on any atom is 0.260 e. The topological polar surface area (TPSA) is 99.1 Å². The van der Waals surface area contributed by atoms with E-state index >= 15 is 0 Å². The lowest BCUT2D eigenvalue weighted by atomic mass is 10.2. The number of hydrogen-bond acceptors (Lipinski definition) is 5. The minimum Gasteiger partial charge on any atom is -0.507 e. The summed E-state index contributed by atoms with van der Waals surface area (Å²) in [6.07, 6.45) is 2.17. The Kier molecular flexibility index (Phi) is 5.71. The lowest BCUT2D eigenvalue weighted by Gasteiger charge is -2.21. The molecule has 0 bridgehead atoms. The summed E-state index contributed by atoms with van der Waals surface area (Å²) in [6, 6.07) is 11.1. The van der Waals surface area contributed by atoms with Crippen LogP contribution in [0.15, 0.2) is 53.6 Å². The fourth-order valence-electron chi connectivity index (χ4n) is 1.94. The highest BCUT2D eigenvalue weighted by molar-refractivity contribution is 7.92. The molecule has 1 amide bonds. The number of nitrogens with one attached hydrogen (secondary N) is 1. The molecular formula is C16H16FN3O4S. The number of rotatable bonds is 6. The molecule has 2 aromatic rings.